The Morgan fingerprint density at radius 1 is 1.23 bits per heavy atom. The monoisotopic (exact) mass is 181 g/mol. The van der Waals surface area contributed by atoms with Crippen LogP contribution in [0.15, 0.2) is 0 Å². The zero-order chi connectivity index (χ0) is 9.53. The van der Waals surface area contributed by atoms with Gasteiger partial charge in [-0.25, -0.2) is 0 Å². The van der Waals surface area contributed by atoms with Crippen molar-refractivity contribution in [3.8, 4) is 0 Å². The number of rotatable bonds is 0. The van der Waals surface area contributed by atoms with Crippen LogP contribution < -0.4 is 5.32 Å². The Morgan fingerprint density at radius 2 is 1.92 bits per heavy atom. The Bertz CT molecular complexity index is 186. The molecule has 2 rings (SSSR count). The third-order valence-corrected chi connectivity index (χ3v) is 4.00. The zero-order valence-corrected chi connectivity index (χ0v) is 9.32. The average Bonchev–Trinajstić information content (AvgIpc) is 2.78. The first kappa shape index (κ1) is 9.51. The van der Waals surface area contributed by atoms with E-state index in [9.17, 15) is 0 Å². The highest BCUT2D eigenvalue weighted by atomic mass is 15.2. The Morgan fingerprint density at radius 3 is 2.46 bits per heavy atom. The molecule has 1 aliphatic heterocycles. The summed E-state index contributed by atoms with van der Waals surface area (Å²) in [4.78, 5) is 0. The molecule has 2 fully saturated rings. The summed E-state index contributed by atoms with van der Waals surface area (Å²) in [6, 6.07) is 0. The zero-order valence-electron chi connectivity index (χ0n) is 9.32. The van der Waals surface area contributed by atoms with E-state index in [0.717, 1.165) is 5.92 Å². The third kappa shape index (κ3) is 2.07. The standard InChI is InChI=1S/C12H23N/c1-11(2,3)10-6-4-5-7-12(8-10)9-13-12/h10,13H,4-9H2,1-3H3/t10?,12-/m1/s1. The summed E-state index contributed by atoms with van der Waals surface area (Å²) in [5, 5.41) is 3.59. The van der Waals surface area contributed by atoms with E-state index in [1.807, 2.05) is 0 Å². The molecule has 1 N–H and O–H groups in total. The summed E-state index contributed by atoms with van der Waals surface area (Å²) in [5.74, 6) is 0.935. The molecular formula is C12H23N. The molecule has 2 atom stereocenters. The van der Waals surface area contributed by atoms with Crippen molar-refractivity contribution >= 4 is 0 Å². The van der Waals surface area contributed by atoms with Crippen LogP contribution >= 0.6 is 0 Å². The summed E-state index contributed by atoms with van der Waals surface area (Å²) in [6.45, 7) is 8.50. The van der Waals surface area contributed by atoms with Crippen LogP contribution in [0.25, 0.3) is 0 Å². The number of nitrogens with one attached hydrogen (secondary N) is 1. The molecule has 1 unspecified atom stereocenters. The van der Waals surface area contributed by atoms with Gasteiger partial charge in [0.1, 0.15) is 0 Å². The van der Waals surface area contributed by atoms with E-state index < -0.39 is 0 Å². The van der Waals surface area contributed by atoms with Gasteiger partial charge in [-0.3, -0.25) is 0 Å². The maximum Gasteiger partial charge on any atom is 0.0310 e. The molecule has 1 nitrogen and oxygen atoms in total. The molecule has 76 valence electrons. The molecule has 0 radical (unpaired) electrons. The van der Waals surface area contributed by atoms with Crippen molar-refractivity contribution in [2.75, 3.05) is 6.54 Å². The lowest BCUT2D eigenvalue weighted by molar-refractivity contribution is 0.203. The van der Waals surface area contributed by atoms with E-state index in [1.54, 1.807) is 0 Å². The van der Waals surface area contributed by atoms with Crippen LogP contribution in [0.5, 0.6) is 0 Å². The van der Waals surface area contributed by atoms with E-state index in [1.165, 1.54) is 38.6 Å². The van der Waals surface area contributed by atoms with Crippen molar-refractivity contribution in [2.45, 2.75) is 58.4 Å². The minimum absolute atomic E-state index is 0.515. The minimum atomic E-state index is 0.515. The fourth-order valence-electron chi connectivity index (χ4n) is 2.72. The molecular weight excluding hydrogens is 158 g/mol. The van der Waals surface area contributed by atoms with Crippen LogP contribution in [-0.2, 0) is 0 Å². The lowest BCUT2D eigenvalue weighted by Crippen LogP contribution is -2.26. The largest absolute Gasteiger partial charge is 0.308 e. The summed E-state index contributed by atoms with van der Waals surface area (Å²) in [7, 11) is 0. The van der Waals surface area contributed by atoms with Gasteiger partial charge in [-0.05, 0) is 30.6 Å². The van der Waals surface area contributed by atoms with Crippen LogP contribution in [0, 0.1) is 11.3 Å². The molecule has 1 aliphatic carbocycles. The van der Waals surface area contributed by atoms with E-state index in [2.05, 4.69) is 26.1 Å². The molecule has 1 heterocycles. The van der Waals surface area contributed by atoms with Gasteiger partial charge in [-0.15, -0.1) is 0 Å². The first-order valence-electron chi connectivity index (χ1n) is 5.77. The molecule has 2 aliphatic rings. The fraction of sp³-hybridized carbons (Fsp3) is 1.00. The topological polar surface area (TPSA) is 21.9 Å². The lowest BCUT2D eigenvalue weighted by atomic mass is 9.74. The maximum absolute atomic E-state index is 3.59. The molecule has 0 aromatic carbocycles. The van der Waals surface area contributed by atoms with Gasteiger partial charge in [0.25, 0.3) is 0 Å². The second-order valence-electron chi connectivity index (χ2n) is 6.15. The van der Waals surface area contributed by atoms with Gasteiger partial charge in [-0.1, -0.05) is 33.6 Å². The summed E-state index contributed by atoms with van der Waals surface area (Å²) in [6.07, 6.45) is 7.20. The normalized spacial score (nSPS) is 40.4. The van der Waals surface area contributed by atoms with E-state index >= 15 is 0 Å². The molecule has 0 bridgehead atoms. The van der Waals surface area contributed by atoms with Crippen LogP contribution in [0.4, 0.5) is 0 Å². The smallest absolute Gasteiger partial charge is 0.0310 e. The summed E-state index contributed by atoms with van der Waals surface area (Å²) in [5.41, 5.74) is 1.11. The molecule has 1 saturated heterocycles. The van der Waals surface area contributed by atoms with Crippen molar-refractivity contribution in [3.05, 3.63) is 0 Å². The summed E-state index contributed by atoms with van der Waals surface area (Å²) < 4.78 is 0. The average molecular weight is 181 g/mol. The van der Waals surface area contributed by atoms with Gasteiger partial charge in [0, 0.05) is 12.1 Å². The Labute approximate surface area is 82.3 Å². The van der Waals surface area contributed by atoms with Gasteiger partial charge in [0.05, 0.1) is 0 Å². The number of hydrogen-bond donors (Lipinski definition) is 1. The van der Waals surface area contributed by atoms with Gasteiger partial charge < -0.3 is 5.32 Å². The van der Waals surface area contributed by atoms with Crippen molar-refractivity contribution in [2.24, 2.45) is 11.3 Å². The van der Waals surface area contributed by atoms with E-state index in [-0.39, 0.29) is 0 Å². The molecule has 0 aromatic rings. The second-order valence-corrected chi connectivity index (χ2v) is 6.15. The van der Waals surface area contributed by atoms with Gasteiger partial charge in [0.15, 0.2) is 0 Å². The second kappa shape index (κ2) is 2.98. The first-order chi connectivity index (χ1) is 6.02. The quantitative estimate of drug-likeness (QED) is 0.570. The van der Waals surface area contributed by atoms with Crippen molar-refractivity contribution < 1.29 is 0 Å². The van der Waals surface area contributed by atoms with Crippen LogP contribution in [0.3, 0.4) is 0 Å². The molecule has 0 aromatic heterocycles. The Kier molecular flexibility index (Phi) is 2.18. The summed E-state index contributed by atoms with van der Waals surface area (Å²) >= 11 is 0. The fourth-order valence-corrected chi connectivity index (χ4v) is 2.72. The van der Waals surface area contributed by atoms with Gasteiger partial charge in [-0.2, -0.15) is 0 Å². The molecule has 1 heteroatoms. The molecule has 1 saturated carbocycles. The highest BCUT2D eigenvalue weighted by molar-refractivity contribution is 5.06. The Balaban J connectivity index is 2.03. The van der Waals surface area contributed by atoms with E-state index in [0.29, 0.717) is 11.0 Å². The molecule has 0 amide bonds. The van der Waals surface area contributed by atoms with Crippen LogP contribution in [0.1, 0.15) is 52.9 Å². The molecule has 1 spiro atoms. The number of hydrogen-bond acceptors (Lipinski definition) is 1. The van der Waals surface area contributed by atoms with Crippen molar-refractivity contribution in [1.29, 1.82) is 0 Å². The van der Waals surface area contributed by atoms with E-state index in [4.69, 9.17) is 0 Å². The predicted molar refractivity (Wildman–Crippen MR) is 56.8 cm³/mol. The first-order valence-corrected chi connectivity index (χ1v) is 5.77. The van der Waals surface area contributed by atoms with Crippen LogP contribution in [-0.4, -0.2) is 12.1 Å². The molecule has 13 heavy (non-hydrogen) atoms. The van der Waals surface area contributed by atoms with Crippen LogP contribution in [0.2, 0.25) is 0 Å². The third-order valence-electron chi connectivity index (χ3n) is 4.00. The van der Waals surface area contributed by atoms with Gasteiger partial charge in [0.2, 0.25) is 0 Å². The lowest BCUT2D eigenvalue weighted by Gasteiger charge is -2.31. The van der Waals surface area contributed by atoms with Gasteiger partial charge >= 0.3 is 0 Å². The van der Waals surface area contributed by atoms with Crippen molar-refractivity contribution in [3.63, 3.8) is 0 Å². The minimum Gasteiger partial charge on any atom is -0.308 e. The highest BCUT2D eigenvalue weighted by Gasteiger charge is 2.46. The SMILES string of the molecule is CC(C)(C)C1CCCC[C@]2(CN2)C1. The highest BCUT2D eigenvalue weighted by Crippen LogP contribution is 2.43. The Hall–Kier alpha value is -0.0400. The maximum atomic E-state index is 3.59. The predicted octanol–water partition coefficient (Wildman–Crippen LogP) is 2.95. The van der Waals surface area contributed by atoms with Crippen molar-refractivity contribution in [1.82, 2.24) is 5.32 Å².